The first-order chi connectivity index (χ1) is 9.40. The summed E-state index contributed by atoms with van der Waals surface area (Å²) in [6, 6.07) is 5.92. The summed E-state index contributed by atoms with van der Waals surface area (Å²) in [5, 5.41) is 9.68. The monoisotopic (exact) mass is 275 g/mol. The molecule has 1 fully saturated rings. The van der Waals surface area contributed by atoms with E-state index >= 15 is 0 Å². The fourth-order valence-electron chi connectivity index (χ4n) is 2.95. The Morgan fingerprint density at radius 2 is 2.05 bits per heavy atom. The quantitative estimate of drug-likeness (QED) is 0.859. The lowest BCUT2D eigenvalue weighted by atomic mass is 9.97. The highest BCUT2D eigenvalue weighted by molar-refractivity contribution is 6.01. The molecular weight excluding hydrogens is 250 g/mol. The minimum Gasteiger partial charge on any atom is -0.393 e. The smallest absolute Gasteiger partial charge is 0.179 e. The van der Waals surface area contributed by atoms with Crippen molar-refractivity contribution in [3.63, 3.8) is 0 Å². The van der Waals surface area contributed by atoms with Crippen molar-refractivity contribution in [1.29, 1.82) is 0 Å². The topological polar surface area (TPSA) is 40.5 Å². The van der Waals surface area contributed by atoms with Crippen LogP contribution < -0.4 is 0 Å². The normalized spacial score (nSPS) is 22.8. The second-order valence-electron chi connectivity index (χ2n) is 6.14. The highest BCUT2D eigenvalue weighted by Crippen LogP contribution is 2.24. The van der Waals surface area contributed by atoms with Gasteiger partial charge in [-0.2, -0.15) is 0 Å². The van der Waals surface area contributed by atoms with Crippen LogP contribution in [0.1, 0.15) is 41.8 Å². The first-order valence-corrected chi connectivity index (χ1v) is 7.43. The summed E-state index contributed by atoms with van der Waals surface area (Å²) in [6.07, 6.45) is 0.685. The molecule has 1 aliphatic rings. The zero-order valence-corrected chi connectivity index (χ0v) is 12.9. The van der Waals surface area contributed by atoms with Crippen molar-refractivity contribution < 1.29 is 9.90 Å². The van der Waals surface area contributed by atoms with Gasteiger partial charge < -0.3 is 5.11 Å². The van der Waals surface area contributed by atoms with Crippen LogP contribution in [0.25, 0.3) is 0 Å². The second-order valence-corrected chi connectivity index (χ2v) is 6.14. The largest absolute Gasteiger partial charge is 0.393 e. The predicted octanol–water partition coefficient (Wildman–Crippen LogP) is 2.58. The molecule has 1 saturated heterocycles. The maximum absolute atomic E-state index is 12.7. The fraction of sp³-hybridized carbons (Fsp3) is 0.588. The van der Waals surface area contributed by atoms with Crippen molar-refractivity contribution in [2.45, 2.75) is 46.3 Å². The molecule has 3 unspecified atom stereocenters. The average molecular weight is 275 g/mol. The van der Waals surface area contributed by atoms with Crippen LogP contribution in [-0.2, 0) is 0 Å². The lowest BCUT2D eigenvalue weighted by Crippen LogP contribution is -2.38. The standard InChI is InChI=1S/C17H25NO2/c1-11-5-6-12(2)16(9-11)17(20)13(3)18-8-7-15(10-18)14(4)19/h5-6,9,13-15,19H,7-8,10H2,1-4H3. The molecule has 3 nitrogen and oxygen atoms in total. The van der Waals surface area contributed by atoms with Crippen molar-refractivity contribution >= 4 is 5.78 Å². The van der Waals surface area contributed by atoms with Gasteiger partial charge in [-0.15, -0.1) is 0 Å². The molecule has 0 bridgehead atoms. The van der Waals surface area contributed by atoms with E-state index in [1.54, 1.807) is 0 Å². The van der Waals surface area contributed by atoms with Gasteiger partial charge in [0.25, 0.3) is 0 Å². The van der Waals surface area contributed by atoms with Crippen LogP contribution in [-0.4, -0.2) is 41.0 Å². The number of benzene rings is 1. The highest BCUT2D eigenvalue weighted by atomic mass is 16.3. The number of aliphatic hydroxyl groups is 1. The van der Waals surface area contributed by atoms with Gasteiger partial charge in [-0.25, -0.2) is 0 Å². The summed E-state index contributed by atoms with van der Waals surface area (Å²) >= 11 is 0. The molecule has 0 saturated carbocycles. The summed E-state index contributed by atoms with van der Waals surface area (Å²) < 4.78 is 0. The number of likely N-dealkylation sites (tertiary alicyclic amines) is 1. The zero-order valence-electron chi connectivity index (χ0n) is 12.9. The zero-order chi connectivity index (χ0) is 14.9. The van der Waals surface area contributed by atoms with Gasteiger partial charge in [-0.05, 0) is 58.2 Å². The van der Waals surface area contributed by atoms with E-state index in [1.165, 1.54) is 0 Å². The number of aliphatic hydroxyl groups excluding tert-OH is 1. The van der Waals surface area contributed by atoms with Crippen LogP contribution in [0.15, 0.2) is 18.2 Å². The van der Waals surface area contributed by atoms with Gasteiger partial charge in [0, 0.05) is 12.1 Å². The van der Waals surface area contributed by atoms with E-state index in [0.29, 0.717) is 5.92 Å². The Balaban J connectivity index is 2.11. The van der Waals surface area contributed by atoms with Gasteiger partial charge in [0.1, 0.15) is 0 Å². The first kappa shape index (κ1) is 15.2. The van der Waals surface area contributed by atoms with Crippen LogP contribution in [0.3, 0.4) is 0 Å². The van der Waals surface area contributed by atoms with Crippen molar-refractivity contribution in [3.05, 3.63) is 34.9 Å². The van der Waals surface area contributed by atoms with Crippen LogP contribution in [0.4, 0.5) is 0 Å². The molecule has 1 heterocycles. The lowest BCUT2D eigenvalue weighted by molar-refractivity contribution is 0.0835. The fourth-order valence-corrected chi connectivity index (χ4v) is 2.95. The molecular formula is C17H25NO2. The van der Waals surface area contributed by atoms with Gasteiger partial charge >= 0.3 is 0 Å². The van der Waals surface area contributed by atoms with Gasteiger partial charge in [0.15, 0.2) is 5.78 Å². The molecule has 2 rings (SSSR count). The average Bonchev–Trinajstić information content (AvgIpc) is 2.89. The molecule has 1 aliphatic heterocycles. The minimum atomic E-state index is -0.289. The van der Waals surface area contributed by atoms with E-state index in [-0.39, 0.29) is 17.9 Å². The van der Waals surface area contributed by atoms with E-state index < -0.39 is 0 Å². The van der Waals surface area contributed by atoms with Crippen molar-refractivity contribution in [3.8, 4) is 0 Å². The number of carbonyl (C=O) groups is 1. The molecule has 0 spiro atoms. The number of nitrogens with zero attached hydrogens (tertiary/aromatic N) is 1. The van der Waals surface area contributed by atoms with Crippen molar-refractivity contribution in [2.24, 2.45) is 5.92 Å². The van der Waals surface area contributed by atoms with E-state index in [1.807, 2.05) is 45.9 Å². The van der Waals surface area contributed by atoms with E-state index in [2.05, 4.69) is 4.90 Å². The first-order valence-electron chi connectivity index (χ1n) is 7.43. The van der Waals surface area contributed by atoms with Gasteiger partial charge in [-0.3, -0.25) is 9.69 Å². The number of hydrogen-bond donors (Lipinski definition) is 1. The third kappa shape index (κ3) is 3.10. The Hall–Kier alpha value is -1.19. The molecule has 0 amide bonds. The number of rotatable bonds is 4. The maximum Gasteiger partial charge on any atom is 0.179 e. The van der Waals surface area contributed by atoms with E-state index in [0.717, 1.165) is 36.2 Å². The molecule has 1 aromatic rings. The molecule has 1 N–H and O–H groups in total. The predicted molar refractivity (Wildman–Crippen MR) is 81.1 cm³/mol. The molecule has 0 radical (unpaired) electrons. The van der Waals surface area contributed by atoms with Crippen molar-refractivity contribution in [1.82, 2.24) is 4.90 Å². The molecule has 3 atom stereocenters. The molecule has 110 valence electrons. The van der Waals surface area contributed by atoms with Crippen LogP contribution in [0.2, 0.25) is 0 Å². The number of carbonyl (C=O) groups excluding carboxylic acids is 1. The molecule has 1 aromatic carbocycles. The SMILES string of the molecule is Cc1ccc(C)c(C(=O)C(C)N2CCC(C(C)O)C2)c1. The van der Waals surface area contributed by atoms with Gasteiger partial charge in [0.05, 0.1) is 12.1 Å². The summed E-state index contributed by atoms with van der Waals surface area (Å²) in [7, 11) is 0. The summed E-state index contributed by atoms with van der Waals surface area (Å²) in [5.74, 6) is 0.487. The van der Waals surface area contributed by atoms with E-state index in [9.17, 15) is 9.90 Å². The van der Waals surface area contributed by atoms with Crippen LogP contribution >= 0.6 is 0 Å². The minimum absolute atomic E-state index is 0.112. The number of Topliss-reactive ketones (excluding diaryl/α,β-unsaturated/α-hetero) is 1. The summed E-state index contributed by atoms with van der Waals surface area (Å²) in [4.78, 5) is 14.9. The molecule has 0 aliphatic carbocycles. The van der Waals surface area contributed by atoms with Crippen LogP contribution in [0.5, 0.6) is 0 Å². The number of hydrogen-bond acceptors (Lipinski definition) is 3. The van der Waals surface area contributed by atoms with E-state index in [4.69, 9.17) is 0 Å². The Bertz CT molecular complexity index is 496. The summed E-state index contributed by atoms with van der Waals surface area (Å²) in [6.45, 7) is 9.53. The molecule has 0 aromatic heterocycles. The summed E-state index contributed by atoms with van der Waals surface area (Å²) in [5.41, 5.74) is 2.99. The Labute approximate surface area is 121 Å². The third-order valence-electron chi connectivity index (χ3n) is 4.52. The number of aryl methyl sites for hydroxylation is 2. The van der Waals surface area contributed by atoms with Gasteiger partial charge in [-0.1, -0.05) is 17.7 Å². The Morgan fingerprint density at radius 3 is 2.65 bits per heavy atom. The lowest BCUT2D eigenvalue weighted by Gasteiger charge is -2.24. The Morgan fingerprint density at radius 1 is 1.35 bits per heavy atom. The number of ketones is 1. The Kier molecular flexibility index (Phi) is 4.61. The third-order valence-corrected chi connectivity index (χ3v) is 4.52. The van der Waals surface area contributed by atoms with Crippen LogP contribution in [0, 0.1) is 19.8 Å². The molecule has 20 heavy (non-hydrogen) atoms. The van der Waals surface area contributed by atoms with Gasteiger partial charge in [0.2, 0.25) is 0 Å². The maximum atomic E-state index is 12.7. The second kappa shape index (κ2) is 6.06. The highest BCUT2D eigenvalue weighted by Gasteiger charge is 2.32. The van der Waals surface area contributed by atoms with Crippen molar-refractivity contribution in [2.75, 3.05) is 13.1 Å². The molecule has 3 heteroatoms.